The second-order valence-corrected chi connectivity index (χ2v) is 5.09. The number of carbonyl (C=O) groups is 1. The van der Waals surface area contributed by atoms with Gasteiger partial charge in [0.25, 0.3) is 5.91 Å². The van der Waals surface area contributed by atoms with E-state index in [0.717, 1.165) is 0 Å². The van der Waals surface area contributed by atoms with Crippen LogP contribution >= 0.6 is 11.6 Å². The Morgan fingerprint density at radius 3 is 2.50 bits per heavy atom. The Morgan fingerprint density at radius 2 is 1.85 bits per heavy atom. The number of rotatable bonds is 4. The van der Waals surface area contributed by atoms with Crippen molar-refractivity contribution in [1.82, 2.24) is 0 Å². The summed E-state index contributed by atoms with van der Waals surface area (Å²) in [7, 11) is 0. The van der Waals surface area contributed by atoms with Crippen LogP contribution in [0.2, 0.25) is 5.02 Å². The van der Waals surface area contributed by atoms with Crippen molar-refractivity contribution in [3.8, 4) is 5.75 Å². The SMILES string of the molecule is CC(C)Oc1cccc(C(=O)Nc2ccc(Cl)cc2)c1. The predicted octanol–water partition coefficient (Wildman–Crippen LogP) is 4.38. The van der Waals surface area contributed by atoms with Gasteiger partial charge < -0.3 is 10.1 Å². The zero-order chi connectivity index (χ0) is 14.5. The maximum absolute atomic E-state index is 12.1. The van der Waals surface area contributed by atoms with Crippen molar-refractivity contribution in [2.75, 3.05) is 5.32 Å². The maximum atomic E-state index is 12.1. The molecule has 0 aromatic heterocycles. The minimum Gasteiger partial charge on any atom is -0.491 e. The number of nitrogens with one attached hydrogen (secondary N) is 1. The summed E-state index contributed by atoms with van der Waals surface area (Å²) in [5.41, 5.74) is 1.26. The van der Waals surface area contributed by atoms with Gasteiger partial charge in [0.1, 0.15) is 5.75 Å². The van der Waals surface area contributed by atoms with E-state index in [9.17, 15) is 4.79 Å². The smallest absolute Gasteiger partial charge is 0.255 e. The van der Waals surface area contributed by atoms with E-state index in [-0.39, 0.29) is 12.0 Å². The Morgan fingerprint density at radius 1 is 1.15 bits per heavy atom. The van der Waals surface area contributed by atoms with Crippen molar-refractivity contribution in [2.45, 2.75) is 20.0 Å². The molecule has 4 heteroatoms. The van der Waals surface area contributed by atoms with E-state index in [1.54, 1.807) is 42.5 Å². The predicted molar refractivity (Wildman–Crippen MR) is 81.6 cm³/mol. The molecule has 0 atom stereocenters. The van der Waals surface area contributed by atoms with Crippen LogP contribution in [0.15, 0.2) is 48.5 Å². The first-order valence-corrected chi connectivity index (χ1v) is 6.76. The molecule has 0 aliphatic carbocycles. The fraction of sp³-hybridized carbons (Fsp3) is 0.188. The zero-order valence-electron chi connectivity index (χ0n) is 11.4. The van der Waals surface area contributed by atoms with Crippen LogP contribution in [0, 0.1) is 0 Å². The molecule has 2 aromatic carbocycles. The number of benzene rings is 2. The van der Waals surface area contributed by atoms with Crippen LogP contribution in [0.3, 0.4) is 0 Å². The molecule has 1 amide bonds. The summed E-state index contributed by atoms with van der Waals surface area (Å²) in [4.78, 5) is 12.1. The van der Waals surface area contributed by atoms with Gasteiger partial charge in [-0.05, 0) is 56.3 Å². The van der Waals surface area contributed by atoms with E-state index >= 15 is 0 Å². The first kappa shape index (κ1) is 14.4. The minimum absolute atomic E-state index is 0.0737. The van der Waals surface area contributed by atoms with Gasteiger partial charge in [-0.15, -0.1) is 0 Å². The van der Waals surface area contributed by atoms with Gasteiger partial charge in [0.2, 0.25) is 0 Å². The molecule has 0 saturated carbocycles. The largest absolute Gasteiger partial charge is 0.491 e. The minimum atomic E-state index is -0.179. The highest BCUT2D eigenvalue weighted by Crippen LogP contribution is 2.17. The highest BCUT2D eigenvalue weighted by atomic mass is 35.5. The van der Waals surface area contributed by atoms with Crippen molar-refractivity contribution in [3.63, 3.8) is 0 Å². The van der Waals surface area contributed by atoms with Crippen molar-refractivity contribution >= 4 is 23.2 Å². The summed E-state index contributed by atoms with van der Waals surface area (Å²) in [5, 5.41) is 3.45. The molecule has 0 spiro atoms. The molecule has 0 aliphatic rings. The number of ether oxygens (including phenoxy) is 1. The summed E-state index contributed by atoms with van der Waals surface area (Å²) < 4.78 is 5.57. The molecule has 2 rings (SSSR count). The number of halogens is 1. The Labute approximate surface area is 123 Å². The van der Waals surface area contributed by atoms with Crippen LogP contribution < -0.4 is 10.1 Å². The standard InChI is InChI=1S/C16H16ClNO2/c1-11(2)20-15-5-3-4-12(10-15)16(19)18-14-8-6-13(17)7-9-14/h3-11H,1-2H3,(H,18,19). The second kappa shape index (κ2) is 6.44. The van der Waals surface area contributed by atoms with Crippen molar-refractivity contribution in [2.24, 2.45) is 0 Å². The third kappa shape index (κ3) is 4.00. The molecule has 20 heavy (non-hydrogen) atoms. The molecular formula is C16H16ClNO2. The molecule has 0 radical (unpaired) electrons. The van der Waals surface area contributed by atoms with Crippen LogP contribution in [0.5, 0.6) is 5.75 Å². The fourth-order valence-electron chi connectivity index (χ4n) is 1.72. The van der Waals surface area contributed by atoms with Gasteiger partial charge in [-0.1, -0.05) is 17.7 Å². The van der Waals surface area contributed by atoms with Gasteiger partial charge in [-0.2, -0.15) is 0 Å². The maximum Gasteiger partial charge on any atom is 0.255 e. The van der Waals surface area contributed by atoms with Gasteiger partial charge in [-0.3, -0.25) is 4.79 Å². The molecule has 3 nitrogen and oxygen atoms in total. The van der Waals surface area contributed by atoms with E-state index in [2.05, 4.69) is 5.32 Å². The molecule has 104 valence electrons. The van der Waals surface area contributed by atoms with Crippen molar-refractivity contribution in [3.05, 3.63) is 59.1 Å². The van der Waals surface area contributed by atoms with E-state index in [1.165, 1.54) is 0 Å². The van der Waals surface area contributed by atoms with Gasteiger partial charge >= 0.3 is 0 Å². The Bertz CT molecular complexity index is 594. The second-order valence-electron chi connectivity index (χ2n) is 4.66. The van der Waals surface area contributed by atoms with Gasteiger partial charge in [0, 0.05) is 16.3 Å². The Kier molecular flexibility index (Phi) is 4.64. The third-order valence-electron chi connectivity index (χ3n) is 2.57. The summed E-state index contributed by atoms with van der Waals surface area (Å²) >= 11 is 5.81. The third-order valence-corrected chi connectivity index (χ3v) is 2.82. The lowest BCUT2D eigenvalue weighted by Crippen LogP contribution is -2.12. The number of carbonyl (C=O) groups excluding carboxylic acids is 1. The Balaban J connectivity index is 2.10. The Hall–Kier alpha value is -2.00. The van der Waals surface area contributed by atoms with Gasteiger partial charge in [0.15, 0.2) is 0 Å². The highest BCUT2D eigenvalue weighted by Gasteiger charge is 2.08. The number of amides is 1. The van der Waals surface area contributed by atoms with Crippen LogP contribution in [0.4, 0.5) is 5.69 Å². The number of hydrogen-bond donors (Lipinski definition) is 1. The summed E-state index contributed by atoms with van der Waals surface area (Å²) in [5.74, 6) is 0.505. The molecule has 0 aliphatic heterocycles. The zero-order valence-corrected chi connectivity index (χ0v) is 12.1. The van der Waals surface area contributed by atoms with E-state index in [4.69, 9.17) is 16.3 Å². The summed E-state index contributed by atoms with van der Waals surface area (Å²) in [6, 6.07) is 14.1. The summed E-state index contributed by atoms with van der Waals surface area (Å²) in [6.45, 7) is 3.89. The lowest BCUT2D eigenvalue weighted by atomic mass is 10.2. The molecule has 0 saturated heterocycles. The fourth-order valence-corrected chi connectivity index (χ4v) is 1.85. The number of hydrogen-bond acceptors (Lipinski definition) is 2. The van der Waals surface area contributed by atoms with Crippen molar-refractivity contribution < 1.29 is 9.53 Å². The molecule has 1 N–H and O–H groups in total. The molecular weight excluding hydrogens is 274 g/mol. The topological polar surface area (TPSA) is 38.3 Å². The average molecular weight is 290 g/mol. The van der Waals surface area contributed by atoms with Gasteiger partial charge in [-0.25, -0.2) is 0 Å². The van der Waals surface area contributed by atoms with E-state index in [0.29, 0.717) is 22.0 Å². The van der Waals surface area contributed by atoms with Crippen LogP contribution in [-0.2, 0) is 0 Å². The van der Waals surface area contributed by atoms with E-state index < -0.39 is 0 Å². The lowest BCUT2D eigenvalue weighted by molar-refractivity contribution is 0.102. The molecule has 2 aromatic rings. The lowest BCUT2D eigenvalue weighted by Gasteiger charge is -2.11. The van der Waals surface area contributed by atoms with Gasteiger partial charge in [0.05, 0.1) is 6.10 Å². The molecule has 0 heterocycles. The van der Waals surface area contributed by atoms with Crippen LogP contribution in [-0.4, -0.2) is 12.0 Å². The average Bonchev–Trinajstić information content (AvgIpc) is 2.41. The first-order chi connectivity index (χ1) is 9.54. The molecule has 0 bridgehead atoms. The normalized spacial score (nSPS) is 10.4. The van der Waals surface area contributed by atoms with Crippen LogP contribution in [0.1, 0.15) is 24.2 Å². The summed E-state index contributed by atoms with van der Waals surface area (Å²) in [6.07, 6.45) is 0.0737. The highest BCUT2D eigenvalue weighted by molar-refractivity contribution is 6.30. The van der Waals surface area contributed by atoms with Crippen LogP contribution in [0.25, 0.3) is 0 Å². The quantitative estimate of drug-likeness (QED) is 0.907. The van der Waals surface area contributed by atoms with E-state index in [1.807, 2.05) is 19.9 Å². The van der Waals surface area contributed by atoms with Crippen molar-refractivity contribution in [1.29, 1.82) is 0 Å². The molecule has 0 unspecified atom stereocenters. The first-order valence-electron chi connectivity index (χ1n) is 6.38. The monoisotopic (exact) mass is 289 g/mol. The molecule has 0 fully saturated rings. The number of anilines is 1.